The molecule has 0 aromatic heterocycles. The molecule has 2 N–H and O–H groups in total. The maximum atomic E-state index is 13.0. The van der Waals surface area contributed by atoms with Gasteiger partial charge in [-0.1, -0.05) is 19.1 Å². The largest absolute Gasteiger partial charge is 0.315 e. The Morgan fingerprint density at radius 3 is 2.85 bits per heavy atom. The fourth-order valence-electron chi connectivity index (χ4n) is 2.27. The maximum Gasteiger partial charge on any atom is 0.216 e. The molecular weight excluding hydrogens is 303 g/mol. The van der Waals surface area contributed by atoms with E-state index in [-0.39, 0.29) is 24.2 Å². The van der Waals surface area contributed by atoms with Gasteiger partial charge >= 0.3 is 0 Å². The van der Waals surface area contributed by atoms with Crippen molar-refractivity contribution in [3.63, 3.8) is 0 Å². The van der Waals surface area contributed by atoms with Gasteiger partial charge in [0.25, 0.3) is 0 Å². The highest BCUT2D eigenvalue weighted by molar-refractivity contribution is 7.88. The van der Waals surface area contributed by atoms with Gasteiger partial charge in [0.15, 0.2) is 0 Å². The molecule has 114 valence electrons. The van der Waals surface area contributed by atoms with Crippen LogP contribution in [-0.2, 0) is 15.8 Å². The van der Waals surface area contributed by atoms with Gasteiger partial charge in [0.05, 0.1) is 5.75 Å². The minimum Gasteiger partial charge on any atom is -0.315 e. The molecule has 1 aliphatic heterocycles. The van der Waals surface area contributed by atoms with E-state index in [0.717, 1.165) is 13.0 Å². The quantitative estimate of drug-likeness (QED) is 0.886. The zero-order valence-electron chi connectivity index (χ0n) is 11.3. The van der Waals surface area contributed by atoms with E-state index < -0.39 is 15.8 Å². The first-order valence-electron chi connectivity index (χ1n) is 6.41. The second kappa shape index (κ2) is 7.36. The first-order valence-corrected chi connectivity index (χ1v) is 8.07. The Kier molecular flexibility index (Phi) is 6.39. The summed E-state index contributed by atoms with van der Waals surface area (Å²) >= 11 is 0. The highest BCUT2D eigenvalue weighted by atomic mass is 35.5. The molecule has 0 bridgehead atoms. The number of piperidine rings is 1. The first kappa shape index (κ1) is 17.4. The zero-order chi connectivity index (χ0) is 13.9. The van der Waals surface area contributed by atoms with Gasteiger partial charge in [0, 0.05) is 12.6 Å². The van der Waals surface area contributed by atoms with Crippen LogP contribution in [0.4, 0.5) is 4.39 Å². The third-order valence-corrected chi connectivity index (χ3v) is 4.78. The van der Waals surface area contributed by atoms with E-state index in [0.29, 0.717) is 18.0 Å². The Morgan fingerprint density at radius 2 is 2.20 bits per heavy atom. The Balaban J connectivity index is 0.00000200. The molecule has 2 rings (SSSR count). The van der Waals surface area contributed by atoms with Gasteiger partial charge in [0.1, 0.15) is 5.82 Å². The first-order chi connectivity index (χ1) is 8.96. The number of hydrogen-bond acceptors (Lipinski definition) is 3. The van der Waals surface area contributed by atoms with E-state index in [9.17, 15) is 12.8 Å². The fourth-order valence-corrected chi connectivity index (χ4v) is 3.74. The van der Waals surface area contributed by atoms with E-state index in [1.54, 1.807) is 6.07 Å². The summed E-state index contributed by atoms with van der Waals surface area (Å²) in [6.07, 6.45) is 0.952. The predicted octanol–water partition coefficient (Wildman–Crippen LogP) is 1.66. The van der Waals surface area contributed by atoms with Crippen molar-refractivity contribution < 1.29 is 12.8 Å². The number of benzene rings is 1. The molecule has 1 aliphatic rings. The lowest BCUT2D eigenvalue weighted by Crippen LogP contribution is -2.50. The van der Waals surface area contributed by atoms with E-state index in [1.165, 1.54) is 18.2 Å². The molecule has 0 amide bonds. The van der Waals surface area contributed by atoms with E-state index in [2.05, 4.69) is 10.0 Å². The SMILES string of the molecule is CC1CCNCC1NS(=O)(=O)Cc1cccc(F)c1.Cl. The predicted molar refractivity (Wildman–Crippen MR) is 79.8 cm³/mol. The van der Waals surface area contributed by atoms with Crippen LogP contribution in [0.2, 0.25) is 0 Å². The van der Waals surface area contributed by atoms with Crippen LogP contribution in [0.5, 0.6) is 0 Å². The Labute approximate surface area is 125 Å². The summed E-state index contributed by atoms with van der Waals surface area (Å²) in [6.45, 7) is 3.60. The minimum absolute atomic E-state index is 0. The second-order valence-corrected chi connectivity index (χ2v) is 6.84. The number of hydrogen-bond donors (Lipinski definition) is 2. The average Bonchev–Trinajstić information content (AvgIpc) is 2.31. The Hall–Kier alpha value is -0.690. The van der Waals surface area contributed by atoms with Crippen LogP contribution in [-0.4, -0.2) is 27.5 Å². The summed E-state index contributed by atoms with van der Waals surface area (Å²) in [7, 11) is -3.44. The number of rotatable bonds is 4. The van der Waals surface area contributed by atoms with E-state index >= 15 is 0 Å². The van der Waals surface area contributed by atoms with Crippen molar-refractivity contribution in [2.45, 2.75) is 25.1 Å². The molecule has 1 heterocycles. The molecule has 2 unspecified atom stereocenters. The molecule has 1 aromatic rings. The zero-order valence-corrected chi connectivity index (χ0v) is 12.9. The van der Waals surface area contributed by atoms with Crippen molar-refractivity contribution in [3.8, 4) is 0 Å². The lowest BCUT2D eigenvalue weighted by Gasteiger charge is -2.29. The summed E-state index contributed by atoms with van der Waals surface area (Å²) in [5, 5.41) is 3.17. The van der Waals surface area contributed by atoms with Gasteiger partial charge in [-0.15, -0.1) is 12.4 Å². The minimum atomic E-state index is -3.44. The smallest absolute Gasteiger partial charge is 0.216 e. The third-order valence-electron chi connectivity index (χ3n) is 3.40. The van der Waals surface area contributed by atoms with Crippen molar-refractivity contribution >= 4 is 22.4 Å². The van der Waals surface area contributed by atoms with Crippen LogP contribution < -0.4 is 10.0 Å². The molecule has 20 heavy (non-hydrogen) atoms. The summed E-state index contributed by atoms with van der Waals surface area (Å²) in [5.74, 6) is -0.294. The summed E-state index contributed by atoms with van der Waals surface area (Å²) < 4.78 is 39.9. The maximum absolute atomic E-state index is 13.0. The summed E-state index contributed by atoms with van der Waals surface area (Å²) in [5.41, 5.74) is 0.462. The lowest BCUT2D eigenvalue weighted by molar-refractivity contribution is 0.327. The molecule has 0 spiro atoms. The van der Waals surface area contributed by atoms with Crippen LogP contribution >= 0.6 is 12.4 Å². The fraction of sp³-hybridized carbons (Fsp3) is 0.538. The number of sulfonamides is 1. The van der Waals surface area contributed by atoms with Gasteiger partial charge in [-0.2, -0.15) is 0 Å². The van der Waals surface area contributed by atoms with Crippen molar-refractivity contribution in [2.24, 2.45) is 5.92 Å². The van der Waals surface area contributed by atoms with Crippen molar-refractivity contribution in [1.82, 2.24) is 10.0 Å². The molecule has 4 nitrogen and oxygen atoms in total. The van der Waals surface area contributed by atoms with Crippen LogP contribution in [0.3, 0.4) is 0 Å². The molecule has 0 aliphatic carbocycles. The summed E-state index contributed by atoms with van der Waals surface area (Å²) in [4.78, 5) is 0. The van der Waals surface area contributed by atoms with Crippen LogP contribution in [0, 0.1) is 11.7 Å². The molecule has 0 radical (unpaired) electrons. The monoisotopic (exact) mass is 322 g/mol. The topological polar surface area (TPSA) is 58.2 Å². The Bertz CT molecular complexity index is 539. The van der Waals surface area contributed by atoms with Crippen LogP contribution in [0.15, 0.2) is 24.3 Å². The third kappa shape index (κ3) is 5.01. The van der Waals surface area contributed by atoms with Crippen LogP contribution in [0.25, 0.3) is 0 Å². The van der Waals surface area contributed by atoms with E-state index in [4.69, 9.17) is 0 Å². The van der Waals surface area contributed by atoms with Crippen molar-refractivity contribution in [2.75, 3.05) is 13.1 Å². The van der Waals surface area contributed by atoms with Gasteiger partial charge in [-0.05, 0) is 36.6 Å². The molecular formula is C13H20ClFN2O2S. The van der Waals surface area contributed by atoms with Gasteiger partial charge < -0.3 is 5.32 Å². The molecule has 2 atom stereocenters. The van der Waals surface area contributed by atoms with Gasteiger partial charge in [-0.25, -0.2) is 17.5 Å². The van der Waals surface area contributed by atoms with Crippen molar-refractivity contribution in [1.29, 1.82) is 0 Å². The van der Waals surface area contributed by atoms with Crippen LogP contribution in [0.1, 0.15) is 18.9 Å². The van der Waals surface area contributed by atoms with Gasteiger partial charge in [0.2, 0.25) is 10.0 Å². The Morgan fingerprint density at radius 1 is 1.45 bits per heavy atom. The summed E-state index contributed by atoms with van der Waals surface area (Å²) in [6, 6.07) is 5.60. The molecule has 0 saturated carbocycles. The van der Waals surface area contributed by atoms with Crippen molar-refractivity contribution in [3.05, 3.63) is 35.6 Å². The number of halogens is 2. The van der Waals surface area contributed by atoms with E-state index in [1.807, 2.05) is 6.92 Å². The standard InChI is InChI=1S/C13H19FN2O2S.ClH/c1-10-5-6-15-8-13(10)16-19(17,18)9-11-3-2-4-12(14)7-11;/h2-4,7,10,13,15-16H,5-6,8-9H2,1H3;1H. The number of nitrogens with one attached hydrogen (secondary N) is 2. The molecule has 7 heteroatoms. The highest BCUT2D eigenvalue weighted by Crippen LogP contribution is 2.14. The normalized spacial score (nSPS) is 23.1. The lowest BCUT2D eigenvalue weighted by atomic mass is 9.96. The average molecular weight is 323 g/mol. The highest BCUT2D eigenvalue weighted by Gasteiger charge is 2.25. The molecule has 1 aromatic carbocycles. The van der Waals surface area contributed by atoms with Gasteiger partial charge in [-0.3, -0.25) is 0 Å². The molecule has 1 saturated heterocycles. The molecule has 1 fully saturated rings. The second-order valence-electron chi connectivity index (χ2n) is 5.08.